The van der Waals surface area contributed by atoms with Crippen LogP contribution < -0.4 is 0 Å². The first-order chi connectivity index (χ1) is 10.1. The van der Waals surface area contributed by atoms with Gasteiger partial charge in [0.25, 0.3) is 0 Å². The van der Waals surface area contributed by atoms with E-state index in [4.69, 9.17) is 11.6 Å². The quantitative estimate of drug-likeness (QED) is 0.526. The number of nitrogens with zero attached hydrogens (tertiary/aromatic N) is 2. The summed E-state index contributed by atoms with van der Waals surface area (Å²) in [4.78, 5) is 11.3. The fourth-order valence-electron chi connectivity index (χ4n) is 2.72. The van der Waals surface area contributed by atoms with E-state index in [2.05, 4.69) is 25.9 Å². The molecule has 0 bridgehead atoms. The maximum atomic E-state index is 13.3. The molecule has 6 heteroatoms. The first kappa shape index (κ1) is 13.6. The number of thiophene rings is 1. The van der Waals surface area contributed by atoms with Crippen LogP contribution in [0.3, 0.4) is 0 Å². The van der Waals surface area contributed by atoms with Crippen LogP contribution >= 0.6 is 38.9 Å². The standard InChI is InChI=1S/C15H9BrClFN2S/c16-9-6-7(4-5-10(9)18)14-19-13(17)12-8-2-1-3-11(8)21-15(12)20-14/h4-6H,1-3H2. The van der Waals surface area contributed by atoms with Gasteiger partial charge in [-0.1, -0.05) is 11.6 Å². The Bertz CT molecular complexity index is 878. The molecule has 106 valence electrons. The van der Waals surface area contributed by atoms with Crippen molar-refractivity contribution >= 4 is 49.1 Å². The summed E-state index contributed by atoms with van der Waals surface area (Å²) >= 11 is 11.3. The van der Waals surface area contributed by atoms with Crippen LogP contribution in [0, 0.1) is 5.82 Å². The first-order valence-electron chi connectivity index (χ1n) is 6.56. The first-order valence-corrected chi connectivity index (χ1v) is 8.55. The third kappa shape index (κ3) is 2.18. The molecular weight excluding hydrogens is 375 g/mol. The van der Waals surface area contributed by atoms with Crippen LogP contribution in [0.1, 0.15) is 16.9 Å². The molecule has 0 fully saturated rings. The van der Waals surface area contributed by atoms with Crippen LogP contribution in [0.25, 0.3) is 21.6 Å². The SMILES string of the molecule is Fc1ccc(-c2nc(Cl)c3c4c(sc3n2)CCC4)cc1Br. The van der Waals surface area contributed by atoms with Gasteiger partial charge in [0.15, 0.2) is 5.82 Å². The van der Waals surface area contributed by atoms with E-state index in [0.29, 0.717) is 15.5 Å². The van der Waals surface area contributed by atoms with Crippen molar-refractivity contribution in [3.05, 3.63) is 44.1 Å². The third-order valence-corrected chi connectivity index (χ3v) is 5.77. The molecule has 0 N–H and O–H groups in total. The lowest BCUT2D eigenvalue weighted by atomic mass is 10.2. The van der Waals surface area contributed by atoms with Gasteiger partial charge in [0.1, 0.15) is 15.8 Å². The summed E-state index contributed by atoms with van der Waals surface area (Å²) in [6.07, 6.45) is 3.34. The minimum absolute atomic E-state index is 0.305. The number of aromatic nitrogens is 2. The summed E-state index contributed by atoms with van der Waals surface area (Å²) in [5.74, 6) is 0.231. The van der Waals surface area contributed by atoms with Crippen molar-refractivity contribution in [1.29, 1.82) is 0 Å². The normalized spacial score (nSPS) is 13.9. The van der Waals surface area contributed by atoms with Gasteiger partial charge < -0.3 is 0 Å². The average Bonchev–Trinajstić information content (AvgIpc) is 3.01. The predicted octanol–water partition coefficient (Wildman–Crippen LogP) is 5.40. The molecule has 0 radical (unpaired) electrons. The van der Waals surface area contributed by atoms with E-state index in [9.17, 15) is 4.39 Å². The van der Waals surface area contributed by atoms with E-state index in [-0.39, 0.29) is 5.82 Å². The molecule has 1 aliphatic rings. The van der Waals surface area contributed by atoms with E-state index < -0.39 is 0 Å². The molecule has 1 aromatic carbocycles. The number of hydrogen-bond acceptors (Lipinski definition) is 3. The van der Waals surface area contributed by atoms with E-state index in [1.807, 2.05) is 0 Å². The molecule has 0 saturated heterocycles. The van der Waals surface area contributed by atoms with Crippen LogP contribution in [0.5, 0.6) is 0 Å². The molecule has 0 spiro atoms. The monoisotopic (exact) mass is 382 g/mol. The summed E-state index contributed by atoms with van der Waals surface area (Å²) in [5.41, 5.74) is 2.06. The van der Waals surface area contributed by atoms with Gasteiger partial charge in [-0.2, -0.15) is 0 Å². The molecule has 0 unspecified atom stereocenters. The molecule has 3 aromatic rings. The van der Waals surface area contributed by atoms with Crippen molar-refractivity contribution in [2.24, 2.45) is 0 Å². The zero-order chi connectivity index (χ0) is 14.6. The largest absolute Gasteiger partial charge is 0.217 e. The zero-order valence-electron chi connectivity index (χ0n) is 10.8. The Morgan fingerprint density at radius 3 is 2.90 bits per heavy atom. The summed E-state index contributed by atoms with van der Waals surface area (Å²) in [6, 6.07) is 4.74. The Balaban J connectivity index is 1.92. The topological polar surface area (TPSA) is 25.8 Å². The molecule has 0 atom stereocenters. The van der Waals surface area contributed by atoms with Crippen molar-refractivity contribution in [2.75, 3.05) is 0 Å². The van der Waals surface area contributed by atoms with Gasteiger partial charge in [0.05, 0.1) is 9.86 Å². The molecule has 0 saturated carbocycles. The van der Waals surface area contributed by atoms with Crippen molar-refractivity contribution in [3.63, 3.8) is 0 Å². The lowest BCUT2D eigenvalue weighted by Gasteiger charge is -2.04. The minimum Gasteiger partial charge on any atom is -0.217 e. The Labute approximate surface area is 138 Å². The Morgan fingerprint density at radius 1 is 1.24 bits per heavy atom. The fraction of sp³-hybridized carbons (Fsp3) is 0.200. The second-order valence-corrected chi connectivity index (χ2v) is 7.30. The van der Waals surface area contributed by atoms with Crippen molar-refractivity contribution in [1.82, 2.24) is 9.97 Å². The van der Waals surface area contributed by atoms with E-state index >= 15 is 0 Å². The molecule has 0 amide bonds. The second kappa shape index (κ2) is 5.00. The summed E-state index contributed by atoms with van der Waals surface area (Å²) in [5, 5.41) is 1.49. The van der Waals surface area contributed by atoms with Crippen LogP contribution in [-0.4, -0.2) is 9.97 Å². The Kier molecular flexibility index (Phi) is 3.24. The number of aryl methyl sites for hydroxylation is 2. The molecule has 21 heavy (non-hydrogen) atoms. The van der Waals surface area contributed by atoms with Gasteiger partial charge >= 0.3 is 0 Å². The van der Waals surface area contributed by atoms with Crippen LogP contribution in [0.15, 0.2) is 22.7 Å². The smallest absolute Gasteiger partial charge is 0.162 e. The number of benzene rings is 1. The molecule has 0 aliphatic heterocycles. The summed E-state index contributed by atoms with van der Waals surface area (Å²) in [6.45, 7) is 0. The highest BCUT2D eigenvalue weighted by Gasteiger charge is 2.22. The predicted molar refractivity (Wildman–Crippen MR) is 87.5 cm³/mol. The minimum atomic E-state index is -0.305. The number of fused-ring (bicyclic) bond motifs is 3. The van der Waals surface area contributed by atoms with Crippen LogP contribution in [-0.2, 0) is 12.8 Å². The van der Waals surface area contributed by atoms with Crippen molar-refractivity contribution < 1.29 is 4.39 Å². The van der Waals surface area contributed by atoms with Crippen LogP contribution in [0.4, 0.5) is 4.39 Å². The number of hydrogen-bond donors (Lipinski definition) is 0. The molecule has 2 nitrogen and oxygen atoms in total. The van der Waals surface area contributed by atoms with E-state index in [0.717, 1.165) is 28.6 Å². The molecule has 2 aromatic heterocycles. The van der Waals surface area contributed by atoms with Crippen LogP contribution in [0.2, 0.25) is 5.15 Å². The van der Waals surface area contributed by atoms with Crippen molar-refractivity contribution in [3.8, 4) is 11.4 Å². The van der Waals surface area contributed by atoms with Gasteiger partial charge in [0.2, 0.25) is 0 Å². The van der Waals surface area contributed by atoms with E-state index in [1.165, 1.54) is 22.9 Å². The molecule has 1 aliphatic carbocycles. The van der Waals surface area contributed by atoms with Gasteiger partial charge in [0, 0.05) is 10.4 Å². The zero-order valence-corrected chi connectivity index (χ0v) is 13.9. The lowest BCUT2D eigenvalue weighted by Crippen LogP contribution is -1.92. The lowest BCUT2D eigenvalue weighted by molar-refractivity contribution is 0.621. The van der Waals surface area contributed by atoms with E-state index in [1.54, 1.807) is 23.5 Å². The van der Waals surface area contributed by atoms with Gasteiger partial charge in [-0.25, -0.2) is 14.4 Å². The highest BCUT2D eigenvalue weighted by molar-refractivity contribution is 9.10. The summed E-state index contributed by atoms with van der Waals surface area (Å²) < 4.78 is 13.7. The third-order valence-electron chi connectivity index (χ3n) is 3.70. The molecular formula is C15H9BrClFN2S. The Hall–Kier alpha value is -1.04. The average molecular weight is 384 g/mol. The fourth-order valence-corrected chi connectivity index (χ4v) is 4.70. The van der Waals surface area contributed by atoms with Gasteiger partial charge in [-0.3, -0.25) is 0 Å². The number of rotatable bonds is 1. The highest BCUT2D eigenvalue weighted by atomic mass is 79.9. The molecule has 4 rings (SSSR count). The number of halogens is 3. The maximum Gasteiger partial charge on any atom is 0.162 e. The molecule has 2 heterocycles. The second-order valence-electron chi connectivity index (χ2n) is 5.00. The Morgan fingerprint density at radius 2 is 2.10 bits per heavy atom. The van der Waals surface area contributed by atoms with Gasteiger partial charge in [-0.05, 0) is 59.0 Å². The summed E-state index contributed by atoms with van der Waals surface area (Å²) in [7, 11) is 0. The van der Waals surface area contributed by atoms with Crippen molar-refractivity contribution in [2.45, 2.75) is 19.3 Å². The van der Waals surface area contributed by atoms with Gasteiger partial charge in [-0.15, -0.1) is 11.3 Å². The maximum absolute atomic E-state index is 13.3. The highest BCUT2D eigenvalue weighted by Crippen LogP contribution is 2.40.